The molecule has 2 heteroatoms. The second-order valence-electron chi connectivity index (χ2n) is 5.68. The van der Waals surface area contributed by atoms with Gasteiger partial charge in [0.15, 0.2) is 0 Å². The summed E-state index contributed by atoms with van der Waals surface area (Å²) < 4.78 is 5.23. The van der Waals surface area contributed by atoms with Crippen molar-refractivity contribution in [1.82, 2.24) is 0 Å². The summed E-state index contributed by atoms with van der Waals surface area (Å²) in [5, 5.41) is 0. The van der Waals surface area contributed by atoms with E-state index in [1.54, 1.807) is 7.11 Å². The maximum absolute atomic E-state index is 6.50. The van der Waals surface area contributed by atoms with Gasteiger partial charge in [-0.2, -0.15) is 0 Å². The average Bonchev–Trinajstić information content (AvgIpc) is 2.29. The fraction of sp³-hybridized carbons (Fsp3) is 1.00. The molecule has 0 aromatic heterocycles. The van der Waals surface area contributed by atoms with Gasteiger partial charge in [-0.3, -0.25) is 0 Å². The molecule has 2 N–H and O–H groups in total. The van der Waals surface area contributed by atoms with E-state index >= 15 is 0 Å². The first-order chi connectivity index (χ1) is 7.62. The Morgan fingerprint density at radius 1 is 1.38 bits per heavy atom. The quantitative estimate of drug-likeness (QED) is 0.755. The van der Waals surface area contributed by atoms with Gasteiger partial charge in [-0.1, -0.05) is 33.1 Å². The van der Waals surface area contributed by atoms with Crippen LogP contribution in [0.1, 0.15) is 58.8 Å². The summed E-state index contributed by atoms with van der Waals surface area (Å²) in [4.78, 5) is 0. The Labute approximate surface area is 101 Å². The Bertz CT molecular complexity index is 185. The maximum atomic E-state index is 6.50. The molecule has 0 saturated heterocycles. The average molecular weight is 227 g/mol. The lowest BCUT2D eigenvalue weighted by atomic mass is 9.70. The van der Waals surface area contributed by atoms with Crippen LogP contribution in [0.25, 0.3) is 0 Å². The Balaban J connectivity index is 2.34. The van der Waals surface area contributed by atoms with Crippen molar-refractivity contribution in [2.75, 3.05) is 13.7 Å². The van der Waals surface area contributed by atoms with Crippen LogP contribution in [-0.4, -0.2) is 19.3 Å². The van der Waals surface area contributed by atoms with Crippen LogP contribution in [0.3, 0.4) is 0 Å². The zero-order valence-electron chi connectivity index (χ0n) is 11.3. The van der Waals surface area contributed by atoms with E-state index in [9.17, 15) is 0 Å². The van der Waals surface area contributed by atoms with Crippen molar-refractivity contribution in [3.63, 3.8) is 0 Å². The number of hydrogen-bond donors (Lipinski definition) is 1. The molecule has 1 unspecified atom stereocenters. The zero-order chi connectivity index (χ0) is 12.0. The number of hydrogen-bond acceptors (Lipinski definition) is 2. The van der Waals surface area contributed by atoms with Gasteiger partial charge >= 0.3 is 0 Å². The highest BCUT2D eigenvalue weighted by Gasteiger charge is 2.35. The number of rotatable bonds is 6. The lowest BCUT2D eigenvalue weighted by Gasteiger charge is -2.41. The van der Waals surface area contributed by atoms with Crippen LogP contribution in [0.4, 0.5) is 0 Å². The topological polar surface area (TPSA) is 35.2 Å². The molecular formula is C14H29NO. The van der Waals surface area contributed by atoms with E-state index < -0.39 is 0 Å². The summed E-state index contributed by atoms with van der Waals surface area (Å²) in [6.45, 7) is 5.31. The lowest BCUT2D eigenvalue weighted by molar-refractivity contribution is 0.0834. The third kappa shape index (κ3) is 3.74. The molecule has 96 valence electrons. The van der Waals surface area contributed by atoms with E-state index in [2.05, 4.69) is 13.8 Å². The lowest BCUT2D eigenvalue weighted by Crippen LogP contribution is -2.50. The van der Waals surface area contributed by atoms with Crippen LogP contribution in [0, 0.1) is 11.8 Å². The van der Waals surface area contributed by atoms with Crippen LogP contribution in [0.5, 0.6) is 0 Å². The minimum Gasteiger partial charge on any atom is -0.384 e. The van der Waals surface area contributed by atoms with Gasteiger partial charge in [-0.15, -0.1) is 0 Å². The zero-order valence-corrected chi connectivity index (χ0v) is 11.3. The molecule has 0 aromatic rings. The smallest absolute Gasteiger partial charge is 0.0505 e. The third-order valence-electron chi connectivity index (χ3n) is 4.40. The largest absolute Gasteiger partial charge is 0.384 e. The molecule has 1 aliphatic rings. The van der Waals surface area contributed by atoms with E-state index in [0.717, 1.165) is 12.5 Å². The predicted molar refractivity (Wildman–Crippen MR) is 69.4 cm³/mol. The molecule has 1 atom stereocenters. The molecule has 2 nitrogen and oxygen atoms in total. The molecule has 0 amide bonds. The summed E-state index contributed by atoms with van der Waals surface area (Å²) in [6, 6.07) is 0. The predicted octanol–water partition coefficient (Wildman–Crippen LogP) is 3.35. The van der Waals surface area contributed by atoms with Gasteiger partial charge in [0.05, 0.1) is 6.61 Å². The van der Waals surface area contributed by atoms with Gasteiger partial charge < -0.3 is 10.5 Å². The van der Waals surface area contributed by atoms with Gasteiger partial charge in [0.1, 0.15) is 0 Å². The highest BCUT2D eigenvalue weighted by atomic mass is 16.5. The van der Waals surface area contributed by atoms with Crippen molar-refractivity contribution < 1.29 is 4.74 Å². The molecule has 16 heavy (non-hydrogen) atoms. The standard InChI is InChI=1S/C14H29NO/c1-4-5-6-13-7-9-14(15,10-8-13)12(2)11-16-3/h12-13H,4-11,15H2,1-3H3. The van der Waals surface area contributed by atoms with Crippen molar-refractivity contribution in [2.24, 2.45) is 17.6 Å². The van der Waals surface area contributed by atoms with Gasteiger partial charge in [-0.05, 0) is 37.5 Å². The van der Waals surface area contributed by atoms with E-state index in [0.29, 0.717) is 5.92 Å². The van der Waals surface area contributed by atoms with E-state index in [4.69, 9.17) is 10.5 Å². The second-order valence-corrected chi connectivity index (χ2v) is 5.68. The van der Waals surface area contributed by atoms with E-state index in [-0.39, 0.29) is 5.54 Å². The molecule has 0 aromatic carbocycles. The monoisotopic (exact) mass is 227 g/mol. The number of methoxy groups -OCH3 is 1. The molecule has 0 bridgehead atoms. The fourth-order valence-corrected chi connectivity index (χ4v) is 2.91. The van der Waals surface area contributed by atoms with E-state index in [1.807, 2.05) is 0 Å². The first-order valence-electron chi connectivity index (χ1n) is 6.90. The maximum Gasteiger partial charge on any atom is 0.0505 e. The molecule has 1 rings (SSSR count). The van der Waals surface area contributed by atoms with E-state index in [1.165, 1.54) is 44.9 Å². The van der Waals surface area contributed by atoms with Crippen molar-refractivity contribution >= 4 is 0 Å². The molecule has 0 radical (unpaired) electrons. The Morgan fingerprint density at radius 2 is 2.00 bits per heavy atom. The minimum atomic E-state index is 0.0404. The highest BCUT2D eigenvalue weighted by Crippen LogP contribution is 2.37. The Morgan fingerprint density at radius 3 is 2.50 bits per heavy atom. The minimum absolute atomic E-state index is 0.0404. The van der Waals surface area contributed by atoms with Gasteiger partial charge in [-0.25, -0.2) is 0 Å². The number of ether oxygens (including phenoxy) is 1. The molecule has 1 aliphatic carbocycles. The SMILES string of the molecule is CCCCC1CCC(N)(C(C)COC)CC1. The van der Waals surface area contributed by atoms with Gasteiger partial charge in [0.25, 0.3) is 0 Å². The molecule has 0 spiro atoms. The molecule has 1 saturated carbocycles. The highest BCUT2D eigenvalue weighted by molar-refractivity contribution is 4.93. The van der Waals surface area contributed by atoms with Crippen molar-refractivity contribution in [3.8, 4) is 0 Å². The van der Waals surface area contributed by atoms with Gasteiger partial charge in [0, 0.05) is 12.6 Å². The number of nitrogens with two attached hydrogens (primary N) is 1. The van der Waals surface area contributed by atoms with Crippen molar-refractivity contribution in [3.05, 3.63) is 0 Å². The first kappa shape index (κ1) is 14.0. The molecule has 0 heterocycles. The summed E-state index contributed by atoms with van der Waals surface area (Å²) in [5.41, 5.74) is 6.54. The number of unbranched alkanes of at least 4 members (excludes halogenated alkanes) is 1. The molecule has 1 fully saturated rings. The Kier molecular flexibility index (Phi) is 5.77. The normalized spacial score (nSPS) is 32.6. The van der Waals surface area contributed by atoms with Crippen LogP contribution >= 0.6 is 0 Å². The van der Waals surface area contributed by atoms with Crippen LogP contribution < -0.4 is 5.73 Å². The Hall–Kier alpha value is -0.0800. The van der Waals surface area contributed by atoms with Crippen LogP contribution in [-0.2, 0) is 4.74 Å². The van der Waals surface area contributed by atoms with Gasteiger partial charge in [0.2, 0.25) is 0 Å². The van der Waals surface area contributed by atoms with Crippen LogP contribution in [0.15, 0.2) is 0 Å². The summed E-state index contributed by atoms with van der Waals surface area (Å²) in [7, 11) is 1.77. The second kappa shape index (κ2) is 6.61. The molecule has 0 aliphatic heterocycles. The van der Waals surface area contributed by atoms with Crippen LogP contribution in [0.2, 0.25) is 0 Å². The molecular weight excluding hydrogens is 198 g/mol. The summed E-state index contributed by atoms with van der Waals surface area (Å²) >= 11 is 0. The first-order valence-corrected chi connectivity index (χ1v) is 6.90. The summed E-state index contributed by atoms with van der Waals surface area (Å²) in [6.07, 6.45) is 9.14. The van der Waals surface area contributed by atoms with Crippen molar-refractivity contribution in [1.29, 1.82) is 0 Å². The summed E-state index contributed by atoms with van der Waals surface area (Å²) in [5.74, 6) is 1.43. The van der Waals surface area contributed by atoms with Crippen molar-refractivity contribution in [2.45, 2.75) is 64.3 Å². The third-order valence-corrected chi connectivity index (χ3v) is 4.40. The fourth-order valence-electron chi connectivity index (χ4n) is 2.91.